The summed E-state index contributed by atoms with van der Waals surface area (Å²) in [6.07, 6.45) is 5.72. The summed E-state index contributed by atoms with van der Waals surface area (Å²) in [6.45, 7) is 4.24. The molecule has 0 aliphatic heterocycles. The van der Waals surface area contributed by atoms with Crippen LogP contribution in [0.4, 0.5) is 0 Å². The van der Waals surface area contributed by atoms with Crippen molar-refractivity contribution in [1.29, 1.82) is 0 Å². The van der Waals surface area contributed by atoms with E-state index >= 15 is 0 Å². The third kappa shape index (κ3) is 5.87. The highest BCUT2D eigenvalue weighted by molar-refractivity contribution is 14.0. The van der Waals surface area contributed by atoms with Crippen LogP contribution in [0.3, 0.4) is 0 Å². The van der Waals surface area contributed by atoms with E-state index in [0.717, 1.165) is 42.5 Å². The lowest BCUT2D eigenvalue weighted by atomic mass is 10.2. The van der Waals surface area contributed by atoms with Crippen molar-refractivity contribution in [3.05, 3.63) is 66.6 Å². The summed E-state index contributed by atoms with van der Waals surface area (Å²) >= 11 is 0. The van der Waals surface area contributed by atoms with E-state index in [0.29, 0.717) is 6.54 Å². The molecule has 0 saturated carbocycles. The maximum absolute atomic E-state index is 5.33. The zero-order chi connectivity index (χ0) is 17.3. The van der Waals surface area contributed by atoms with Gasteiger partial charge in [-0.15, -0.1) is 24.0 Å². The number of guanidine groups is 1. The highest BCUT2D eigenvalue weighted by Gasteiger charge is 2.01. The Morgan fingerprint density at radius 1 is 1.19 bits per heavy atom. The number of furan rings is 1. The molecule has 0 aliphatic rings. The van der Waals surface area contributed by atoms with Crippen LogP contribution in [0.1, 0.15) is 18.2 Å². The molecule has 2 aromatic heterocycles. The minimum Gasteiger partial charge on any atom is -0.469 e. The fraction of sp³-hybridized carbons (Fsp3) is 0.278. The molecule has 2 N–H and O–H groups in total. The molecule has 0 unspecified atom stereocenters. The average molecular weight is 466 g/mol. The lowest BCUT2D eigenvalue weighted by Gasteiger charge is -2.10. The molecule has 0 amide bonds. The Morgan fingerprint density at radius 2 is 2.04 bits per heavy atom. The number of aliphatic imine (C=N–C) groups is 1. The second kappa shape index (κ2) is 10.6. The Balaban J connectivity index is 0.00000243. The Bertz CT molecular complexity index is 769. The lowest BCUT2D eigenvalue weighted by Crippen LogP contribution is -2.38. The summed E-state index contributed by atoms with van der Waals surface area (Å²) in [5, 5.41) is 10.7. The summed E-state index contributed by atoms with van der Waals surface area (Å²) in [5.74, 6) is 1.77. The standard InChI is InChI=1S/C18H22N6O.HI/c1-2-20-18(21-10-9-17-4-3-11-25-17)22-12-15-5-7-16(8-6-15)24-14-19-13-23-24;/h3-8,11,13-14H,2,9-10,12H2,1H3,(H2,20,21,22);1H. The van der Waals surface area contributed by atoms with Crippen molar-refractivity contribution in [2.24, 2.45) is 4.99 Å². The van der Waals surface area contributed by atoms with Gasteiger partial charge in [0.1, 0.15) is 18.4 Å². The first-order chi connectivity index (χ1) is 12.3. The first-order valence-electron chi connectivity index (χ1n) is 8.33. The predicted molar refractivity (Wildman–Crippen MR) is 112 cm³/mol. The van der Waals surface area contributed by atoms with Crippen LogP contribution in [0, 0.1) is 0 Å². The van der Waals surface area contributed by atoms with E-state index in [1.807, 2.05) is 36.4 Å². The van der Waals surface area contributed by atoms with Crippen molar-refractivity contribution < 1.29 is 4.42 Å². The van der Waals surface area contributed by atoms with E-state index in [4.69, 9.17) is 4.42 Å². The quantitative estimate of drug-likeness (QED) is 0.318. The smallest absolute Gasteiger partial charge is 0.191 e. The molecule has 1 aromatic carbocycles. The van der Waals surface area contributed by atoms with Crippen LogP contribution < -0.4 is 10.6 Å². The zero-order valence-electron chi connectivity index (χ0n) is 14.6. The minimum absolute atomic E-state index is 0. The molecule has 26 heavy (non-hydrogen) atoms. The van der Waals surface area contributed by atoms with Crippen LogP contribution in [0.2, 0.25) is 0 Å². The SMILES string of the molecule is CCNC(=NCc1ccc(-n2cncn2)cc1)NCCc1ccco1.I. The van der Waals surface area contributed by atoms with E-state index in [1.165, 1.54) is 6.33 Å². The van der Waals surface area contributed by atoms with Gasteiger partial charge in [0.2, 0.25) is 0 Å². The van der Waals surface area contributed by atoms with Crippen molar-refractivity contribution in [1.82, 2.24) is 25.4 Å². The van der Waals surface area contributed by atoms with Crippen molar-refractivity contribution >= 4 is 29.9 Å². The normalized spacial score (nSPS) is 11.0. The van der Waals surface area contributed by atoms with Gasteiger partial charge in [0, 0.05) is 19.5 Å². The van der Waals surface area contributed by atoms with Gasteiger partial charge in [0.25, 0.3) is 0 Å². The second-order valence-electron chi connectivity index (χ2n) is 5.46. The van der Waals surface area contributed by atoms with Gasteiger partial charge in [0.05, 0.1) is 18.5 Å². The number of hydrogen-bond acceptors (Lipinski definition) is 4. The molecule has 0 aliphatic carbocycles. The molecule has 7 nitrogen and oxygen atoms in total. The van der Waals surface area contributed by atoms with Gasteiger partial charge < -0.3 is 15.1 Å². The van der Waals surface area contributed by atoms with Crippen molar-refractivity contribution in [3.8, 4) is 5.69 Å². The van der Waals surface area contributed by atoms with E-state index in [1.54, 1.807) is 17.3 Å². The van der Waals surface area contributed by atoms with Crippen molar-refractivity contribution in [2.45, 2.75) is 19.9 Å². The third-order valence-corrected chi connectivity index (χ3v) is 3.63. The fourth-order valence-electron chi connectivity index (χ4n) is 2.37. The van der Waals surface area contributed by atoms with Gasteiger partial charge in [-0.3, -0.25) is 0 Å². The van der Waals surface area contributed by atoms with Gasteiger partial charge in [-0.25, -0.2) is 14.7 Å². The fourth-order valence-corrected chi connectivity index (χ4v) is 2.37. The molecule has 0 saturated heterocycles. The van der Waals surface area contributed by atoms with Crippen LogP contribution in [0.25, 0.3) is 5.69 Å². The molecule has 0 radical (unpaired) electrons. The highest BCUT2D eigenvalue weighted by atomic mass is 127. The summed E-state index contributed by atoms with van der Waals surface area (Å²) in [4.78, 5) is 8.58. The molecule has 138 valence electrons. The maximum atomic E-state index is 5.33. The van der Waals surface area contributed by atoms with Crippen LogP contribution in [0.5, 0.6) is 0 Å². The summed E-state index contributed by atoms with van der Waals surface area (Å²) in [5.41, 5.74) is 2.11. The molecule has 0 bridgehead atoms. The number of nitrogens with zero attached hydrogens (tertiary/aromatic N) is 4. The highest BCUT2D eigenvalue weighted by Crippen LogP contribution is 2.09. The number of hydrogen-bond donors (Lipinski definition) is 2. The van der Waals surface area contributed by atoms with Crippen molar-refractivity contribution in [3.63, 3.8) is 0 Å². The van der Waals surface area contributed by atoms with Gasteiger partial charge in [0.15, 0.2) is 5.96 Å². The van der Waals surface area contributed by atoms with E-state index in [-0.39, 0.29) is 24.0 Å². The summed E-state index contributed by atoms with van der Waals surface area (Å²) in [7, 11) is 0. The van der Waals surface area contributed by atoms with E-state index < -0.39 is 0 Å². The summed E-state index contributed by atoms with van der Waals surface area (Å²) in [6, 6.07) is 12.0. The van der Waals surface area contributed by atoms with Gasteiger partial charge in [-0.1, -0.05) is 12.1 Å². The monoisotopic (exact) mass is 466 g/mol. The van der Waals surface area contributed by atoms with Crippen LogP contribution >= 0.6 is 24.0 Å². The number of aromatic nitrogens is 3. The second-order valence-corrected chi connectivity index (χ2v) is 5.46. The Kier molecular flexibility index (Phi) is 8.13. The van der Waals surface area contributed by atoms with Crippen LogP contribution in [-0.4, -0.2) is 33.8 Å². The molecule has 3 rings (SSSR count). The largest absolute Gasteiger partial charge is 0.469 e. The molecular formula is C18H23IN6O. The minimum atomic E-state index is 0. The van der Waals surface area contributed by atoms with E-state index in [2.05, 4.69) is 32.6 Å². The topological polar surface area (TPSA) is 80.3 Å². The van der Waals surface area contributed by atoms with Gasteiger partial charge in [-0.2, -0.15) is 5.10 Å². The zero-order valence-corrected chi connectivity index (χ0v) is 17.0. The number of nitrogens with one attached hydrogen (secondary N) is 2. The Morgan fingerprint density at radius 3 is 2.69 bits per heavy atom. The molecular weight excluding hydrogens is 443 g/mol. The molecule has 0 spiro atoms. The van der Waals surface area contributed by atoms with Gasteiger partial charge >= 0.3 is 0 Å². The number of benzene rings is 1. The number of rotatable bonds is 7. The first kappa shape index (κ1) is 20.0. The van der Waals surface area contributed by atoms with Gasteiger partial charge in [-0.05, 0) is 36.8 Å². The molecule has 2 heterocycles. The van der Waals surface area contributed by atoms with E-state index in [9.17, 15) is 0 Å². The molecule has 8 heteroatoms. The molecule has 0 fully saturated rings. The summed E-state index contributed by atoms with van der Waals surface area (Å²) < 4.78 is 7.06. The van der Waals surface area contributed by atoms with Crippen molar-refractivity contribution in [2.75, 3.05) is 13.1 Å². The maximum Gasteiger partial charge on any atom is 0.191 e. The predicted octanol–water partition coefficient (Wildman–Crippen LogP) is 2.78. The first-order valence-corrected chi connectivity index (χ1v) is 8.33. The number of halogens is 1. The third-order valence-electron chi connectivity index (χ3n) is 3.63. The van der Waals surface area contributed by atoms with Crippen LogP contribution in [0.15, 0.2) is 64.7 Å². The average Bonchev–Trinajstić information content (AvgIpc) is 3.34. The Labute approximate surface area is 169 Å². The molecule has 0 atom stereocenters. The Hall–Kier alpha value is -2.36. The molecule has 3 aromatic rings. The lowest BCUT2D eigenvalue weighted by molar-refractivity contribution is 0.507. The van der Waals surface area contributed by atoms with Crippen LogP contribution in [-0.2, 0) is 13.0 Å².